The Morgan fingerprint density at radius 3 is 1.41 bits per heavy atom. The van der Waals surface area contributed by atoms with Crippen LogP contribution < -0.4 is 0 Å². The quantitative estimate of drug-likeness (QED) is 0.318. The summed E-state index contributed by atoms with van der Waals surface area (Å²) in [6, 6.07) is 0.808. The first-order valence-corrected chi connectivity index (χ1v) is 9.92. The summed E-state index contributed by atoms with van der Waals surface area (Å²) in [5, 5.41) is 0. The van der Waals surface area contributed by atoms with Gasteiger partial charge in [0.1, 0.15) is 0 Å². The molecule has 0 unspecified atom stereocenters. The topological polar surface area (TPSA) is 55.4 Å². The van der Waals surface area contributed by atoms with Crippen molar-refractivity contribution in [2.75, 3.05) is 61.0 Å². The van der Waals surface area contributed by atoms with Crippen LogP contribution in [-0.2, 0) is 27.5 Å². The standard InChI is InChI=1S/C15H34O6Si/c1-15(2)7-6-14-22(19-11-8-16-3,20-12-9-17-4)21-13-10-18-5/h15H,6-14H2,1-5H3. The third-order valence-corrected chi connectivity index (χ3v) is 5.99. The van der Waals surface area contributed by atoms with Crippen molar-refractivity contribution in [1.82, 2.24) is 0 Å². The highest BCUT2D eigenvalue weighted by Gasteiger charge is 2.40. The van der Waals surface area contributed by atoms with Crippen molar-refractivity contribution in [3.63, 3.8) is 0 Å². The Labute approximate surface area is 136 Å². The molecule has 7 heteroatoms. The van der Waals surface area contributed by atoms with E-state index in [-0.39, 0.29) is 0 Å². The van der Waals surface area contributed by atoms with Crippen LogP contribution in [-0.4, -0.2) is 69.8 Å². The van der Waals surface area contributed by atoms with E-state index < -0.39 is 8.80 Å². The molecule has 0 aliphatic heterocycles. The molecule has 0 atom stereocenters. The Kier molecular flexibility index (Phi) is 14.5. The van der Waals surface area contributed by atoms with E-state index in [2.05, 4.69) is 13.8 Å². The summed E-state index contributed by atoms with van der Waals surface area (Å²) in [6.07, 6.45) is 2.15. The maximum absolute atomic E-state index is 6.00. The summed E-state index contributed by atoms with van der Waals surface area (Å²) >= 11 is 0. The van der Waals surface area contributed by atoms with E-state index in [0.29, 0.717) is 45.6 Å². The molecule has 0 saturated carbocycles. The molecule has 6 nitrogen and oxygen atoms in total. The van der Waals surface area contributed by atoms with Gasteiger partial charge in [-0.15, -0.1) is 0 Å². The molecule has 0 amide bonds. The van der Waals surface area contributed by atoms with E-state index >= 15 is 0 Å². The van der Waals surface area contributed by atoms with Crippen molar-refractivity contribution in [2.24, 2.45) is 5.92 Å². The first-order valence-electron chi connectivity index (χ1n) is 7.99. The van der Waals surface area contributed by atoms with Gasteiger partial charge in [-0.1, -0.05) is 20.3 Å². The highest BCUT2D eigenvalue weighted by molar-refractivity contribution is 6.60. The molecule has 0 aromatic rings. The van der Waals surface area contributed by atoms with Gasteiger partial charge in [-0.3, -0.25) is 0 Å². The molecule has 0 rings (SSSR count). The van der Waals surface area contributed by atoms with Crippen LogP contribution in [0.5, 0.6) is 0 Å². The van der Waals surface area contributed by atoms with Crippen molar-refractivity contribution in [3.8, 4) is 0 Å². The number of methoxy groups -OCH3 is 3. The number of hydrogen-bond acceptors (Lipinski definition) is 6. The molecule has 0 aliphatic rings. The fraction of sp³-hybridized carbons (Fsp3) is 1.00. The third-order valence-electron chi connectivity index (χ3n) is 3.09. The molecule has 0 fully saturated rings. The number of ether oxygens (including phenoxy) is 3. The van der Waals surface area contributed by atoms with Crippen LogP contribution >= 0.6 is 0 Å². The van der Waals surface area contributed by atoms with E-state index in [4.69, 9.17) is 27.5 Å². The maximum Gasteiger partial charge on any atom is 0.501 e. The van der Waals surface area contributed by atoms with Gasteiger partial charge in [0.2, 0.25) is 0 Å². The largest absolute Gasteiger partial charge is 0.501 e. The van der Waals surface area contributed by atoms with Gasteiger partial charge in [0.25, 0.3) is 0 Å². The van der Waals surface area contributed by atoms with Crippen LogP contribution in [0.3, 0.4) is 0 Å². The average molecular weight is 339 g/mol. The first kappa shape index (κ1) is 22.0. The highest BCUT2D eigenvalue weighted by Crippen LogP contribution is 2.21. The summed E-state index contributed by atoms with van der Waals surface area (Å²) in [5.41, 5.74) is 0. The smallest absolute Gasteiger partial charge is 0.382 e. The van der Waals surface area contributed by atoms with Crippen LogP contribution in [0.4, 0.5) is 0 Å². The average Bonchev–Trinajstić information content (AvgIpc) is 2.47. The molecule has 0 radical (unpaired) electrons. The zero-order valence-electron chi connectivity index (χ0n) is 14.9. The predicted molar refractivity (Wildman–Crippen MR) is 88.1 cm³/mol. The SMILES string of the molecule is COCCO[Si](CCCC(C)C)(OCCOC)OCCOC. The summed E-state index contributed by atoms with van der Waals surface area (Å²) < 4.78 is 33.2. The molecule has 22 heavy (non-hydrogen) atoms. The molecule has 0 heterocycles. The number of hydrogen-bond donors (Lipinski definition) is 0. The van der Waals surface area contributed by atoms with Crippen LogP contribution in [0.1, 0.15) is 26.7 Å². The highest BCUT2D eigenvalue weighted by atomic mass is 28.4. The molecule has 0 aliphatic carbocycles. The fourth-order valence-corrected chi connectivity index (χ4v) is 4.41. The van der Waals surface area contributed by atoms with Crippen molar-refractivity contribution >= 4 is 8.80 Å². The second kappa shape index (κ2) is 14.6. The minimum atomic E-state index is -2.71. The van der Waals surface area contributed by atoms with E-state index in [1.807, 2.05) is 0 Å². The van der Waals surface area contributed by atoms with Crippen molar-refractivity contribution in [2.45, 2.75) is 32.7 Å². The molecule has 0 spiro atoms. The monoisotopic (exact) mass is 338 g/mol. The Morgan fingerprint density at radius 1 is 0.682 bits per heavy atom. The molecule has 0 bridgehead atoms. The van der Waals surface area contributed by atoms with Gasteiger partial charge in [0.05, 0.1) is 39.6 Å². The Morgan fingerprint density at radius 2 is 1.09 bits per heavy atom. The normalized spacial score (nSPS) is 12.3. The zero-order chi connectivity index (χ0) is 16.7. The summed E-state index contributed by atoms with van der Waals surface area (Å²) in [7, 11) is 2.25. The fourth-order valence-electron chi connectivity index (χ4n) is 1.91. The van der Waals surface area contributed by atoms with Gasteiger partial charge in [-0.25, -0.2) is 0 Å². The molecule has 0 N–H and O–H groups in total. The first-order chi connectivity index (χ1) is 10.6. The van der Waals surface area contributed by atoms with Crippen LogP contribution in [0.2, 0.25) is 6.04 Å². The summed E-state index contributed by atoms with van der Waals surface area (Å²) in [4.78, 5) is 0. The van der Waals surface area contributed by atoms with Gasteiger partial charge in [-0.05, 0) is 12.3 Å². The second-order valence-corrected chi connectivity index (χ2v) is 8.22. The van der Waals surface area contributed by atoms with Gasteiger partial charge in [0, 0.05) is 27.4 Å². The molecular formula is C15H34O6Si. The third kappa shape index (κ3) is 11.5. The van der Waals surface area contributed by atoms with Gasteiger partial charge in [-0.2, -0.15) is 0 Å². The molecule has 0 aromatic heterocycles. The Hall–Kier alpha value is -0.0231. The molecule has 0 aromatic carbocycles. The van der Waals surface area contributed by atoms with Gasteiger partial charge >= 0.3 is 8.80 Å². The van der Waals surface area contributed by atoms with Crippen molar-refractivity contribution in [3.05, 3.63) is 0 Å². The Balaban J connectivity index is 4.60. The Bertz CT molecular complexity index is 214. The van der Waals surface area contributed by atoms with Gasteiger partial charge < -0.3 is 27.5 Å². The minimum Gasteiger partial charge on any atom is -0.382 e. The number of rotatable bonds is 16. The van der Waals surface area contributed by atoms with Crippen molar-refractivity contribution < 1.29 is 27.5 Å². The predicted octanol–water partition coefficient (Wildman–Crippen LogP) is 2.35. The zero-order valence-corrected chi connectivity index (χ0v) is 15.9. The minimum absolute atomic E-state index is 0.477. The maximum atomic E-state index is 6.00. The van der Waals surface area contributed by atoms with E-state index in [1.165, 1.54) is 0 Å². The van der Waals surface area contributed by atoms with Crippen LogP contribution in [0.15, 0.2) is 0 Å². The molecular weight excluding hydrogens is 304 g/mol. The van der Waals surface area contributed by atoms with E-state index in [0.717, 1.165) is 18.9 Å². The second-order valence-electron chi connectivity index (χ2n) is 5.49. The molecule has 134 valence electrons. The lowest BCUT2D eigenvalue weighted by Crippen LogP contribution is -2.48. The lowest BCUT2D eigenvalue weighted by Gasteiger charge is -2.30. The van der Waals surface area contributed by atoms with Crippen LogP contribution in [0.25, 0.3) is 0 Å². The molecule has 0 saturated heterocycles. The lowest BCUT2D eigenvalue weighted by molar-refractivity contribution is 0.0141. The lowest BCUT2D eigenvalue weighted by atomic mass is 10.1. The summed E-state index contributed by atoms with van der Waals surface area (Å²) in [5.74, 6) is 0.656. The van der Waals surface area contributed by atoms with E-state index in [1.54, 1.807) is 21.3 Å². The van der Waals surface area contributed by atoms with Crippen LogP contribution in [0, 0.1) is 5.92 Å². The van der Waals surface area contributed by atoms with Gasteiger partial charge in [0.15, 0.2) is 0 Å². The summed E-state index contributed by atoms with van der Waals surface area (Å²) in [6.45, 7) is 7.44. The van der Waals surface area contributed by atoms with E-state index in [9.17, 15) is 0 Å². The van der Waals surface area contributed by atoms with Crippen molar-refractivity contribution in [1.29, 1.82) is 0 Å².